The highest BCUT2D eigenvalue weighted by atomic mass is 15.0. The molecule has 1 aromatic rings. The topological polar surface area (TPSA) is 19.7 Å². The van der Waals surface area contributed by atoms with Crippen LogP contribution in [0.4, 0.5) is 0 Å². The molecular formula is C11H21N2+. The first kappa shape index (κ1) is 10.3. The Morgan fingerprint density at radius 3 is 2.62 bits per heavy atom. The normalized spacial score (nSPS) is 10.6. The van der Waals surface area contributed by atoms with Crippen molar-refractivity contribution in [2.75, 3.05) is 0 Å². The zero-order valence-corrected chi connectivity index (χ0v) is 8.84. The Bertz CT molecular complexity index is 228. The summed E-state index contributed by atoms with van der Waals surface area (Å²) in [6.45, 7) is 2.25. The van der Waals surface area contributed by atoms with Gasteiger partial charge in [0.05, 0.1) is 7.05 Å². The number of hydrogen-bond donors (Lipinski definition) is 1. The summed E-state index contributed by atoms with van der Waals surface area (Å²) in [5.41, 5.74) is 0. The largest absolute Gasteiger partial charge is 0.253 e. The van der Waals surface area contributed by atoms with Crippen molar-refractivity contribution >= 4 is 0 Å². The van der Waals surface area contributed by atoms with Crippen molar-refractivity contribution in [3.63, 3.8) is 0 Å². The lowest BCUT2D eigenvalue weighted by atomic mass is 10.1. The van der Waals surface area contributed by atoms with E-state index < -0.39 is 0 Å². The molecule has 2 nitrogen and oxygen atoms in total. The fraction of sp³-hybridized carbons (Fsp3) is 0.727. The van der Waals surface area contributed by atoms with E-state index in [9.17, 15) is 0 Å². The molecule has 0 radical (unpaired) electrons. The predicted octanol–water partition coefficient (Wildman–Crippen LogP) is 2.35. The molecule has 0 spiro atoms. The molecule has 0 aliphatic heterocycles. The average Bonchev–Trinajstić information content (AvgIpc) is 2.52. The second-order valence-corrected chi connectivity index (χ2v) is 3.68. The first-order chi connectivity index (χ1) is 6.34. The molecule has 0 unspecified atom stereocenters. The molecule has 0 aliphatic carbocycles. The van der Waals surface area contributed by atoms with Crippen LogP contribution in [0.25, 0.3) is 0 Å². The molecule has 0 bridgehead atoms. The van der Waals surface area contributed by atoms with Crippen LogP contribution in [0.15, 0.2) is 12.4 Å². The van der Waals surface area contributed by atoms with Crippen LogP contribution in [0, 0.1) is 0 Å². The minimum atomic E-state index is 1.19. The quantitative estimate of drug-likeness (QED) is 0.513. The van der Waals surface area contributed by atoms with Gasteiger partial charge in [0.2, 0.25) is 0 Å². The van der Waals surface area contributed by atoms with E-state index in [0.717, 1.165) is 0 Å². The van der Waals surface area contributed by atoms with Crippen molar-refractivity contribution in [2.24, 2.45) is 7.05 Å². The first-order valence-corrected chi connectivity index (χ1v) is 5.36. The van der Waals surface area contributed by atoms with Crippen molar-refractivity contribution in [3.05, 3.63) is 18.2 Å². The Labute approximate surface area is 81.0 Å². The maximum Gasteiger partial charge on any atom is 0.253 e. The molecule has 13 heavy (non-hydrogen) atoms. The van der Waals surface area contributed by atoms with Gasteiger partial charge >= 0.3 is 0 Å². The molecule has 0 aliphatic rings. The number of H-pyrrole nitrogens is 1. The molecule has 74 valence electrons. The van der Waals surface area contributed by atoms with Crippen molar-refractivity contribution < 1.29 is 4.57 Å². The van der Waals surface area contributed by atoms with Gasteiger partial charge in [-0.1, -0.05) is 32.6 Å². The van der Waals surface area contributed by atoms with Gasteiger partial charge in [0.1, 0.15) is 12.4 Å². The highest BCUT2D eigenvalue weighted by Gasteiger charge is 2.04. The molecule has 0 atom stereocenters. The summed E-state index contributed by atoms with van der Waals surface area (Å²) >= 11 is 0. The maximum atomic E-state index is 3.26. The van der Waals surface area contributed by atoms with Crippen LogP contribution in [-0.4, -0.2) is 4.98 Å². The summed E-state index contributed by atoms with van der Waals surface area (Å²) in [6, 6.07) is 0. The van der Waals surface area contributed by atoms with E-state index in [1.54, 1.807) is 0 Å². The molecule has 0 aromatic carbocycles. The number of aromatic nitrogens is 2. The number of unbranched alkanes of at least 4 members (excludes halogenated alkanes) is 4. The molecule has 0 saturated carbocycles. The summed E-state index contributed by atoms with van der Waals surface area (Å²) < 4.78 is 2.17. The van der Waals surface area contributed by atoms with Crippen LogP contribution >= 0.6 is 0 Å². The number of aromatic amines is 1. The Morgan fingerprint density at radius 2 is 2.00 bits per heavy atom. The Balaban J connectivity index is 2.10. The summed E-state index contributed by atoms with van der Waals surface area (Å²) in [4.78, 5) is 3.26. The third kappa shape index (κ3) is 3.62. The van der Waals surface area contributed by atoms with Gasteiger partial charge in [0.15, 0.2) is 0 Å². The molecule has 1 rings (SSSR count). The van der Waals surface area contributed by atoms with E-state index in [-0.39, 0.29) is 0 Å². The van der Waals surface area contributed by atoms with Crippen LogP contribution in [0.2, 0.25) is 0 Å². The first-order valence-electron chi connectivity index (χ1n) is 5.36. The van der Waals surface area contributed by atoms with Gasteiger partial charge in [-0.15, -0.1) is 0 Å². The van der Waals surface area contributed by atoms with Crippen molar-refractivity contribution in [1.82, 2.24) is 4.98 Å². The number of rotatable bonds is 6. The zero-order valence-electron chi connectivity index (χ0n) is 8.84. The second kappa shape index (κ2) is 5.79. The van der Waals surface area contributed by atoms with E-state index in [1.807, 2.05) is 6.20 Å². The van der Waals surface area contributed by atoms with Gasteiger partial charge in [-0.3, -0.25) is 0 Å². The zero-order chi connectivity index (χ0) is 9.52. The summed E-state index contributed by atoms with van der Waals surface area (Å²) in [5, 5.41) is 0. The standard InChI is InChI=1S/C11H20N2/c1-3-4-5-6-7-8-11-12-9-10-13(11)2/h9-10H,3-8H2,1-2H3/p+1. The van der Waals surface area contributed by atoms with Crippen LogP contribution in [-0.2, 0) is 13.5 Å². The molecule has 1 heterocycles. The second-order valence-electron chi connectivity index (χ2n) is 3.68. The van der Waals surface area contributed by atoms with E-state index in [0.29, 0.717) is 0 Å². The van der Waals surface area contributed by atoms with Crippen molar-refractivity contribution in [3.8, 4) is 0 Å². The smallest absolute Gasteiger partial charge is 0.248 e. The molecule has 0 saturated heterocycles. The number of nitrogens with zero attached hydrogens (tertiary/aromatic N) is 1. The van der Waals surface area contributed by atoms with Crippen molar-refractivity contribution in [1.29, 1.82) is 0 Å². The summed E-state index contributed by atoms with van der Waals surface area (Å²) in [5.74, 6) is 1.34. The number of imidazole rings is 1. The highest BCUT2D eigenvalue weighted by molar-refractivity contribution is 4.76. The molecule has 0 fully saturated rings. The van der Waals surface area contributed by atoms with Gasteiger partial charge in [-0.25, -0.2) is 9.55 Å². The van der Waals surface area contributed by atoms with Crippen LogP contribution in [0.1, 0.15) is 44.9 Å². The summed E-state index contributed by atoms with van der Waals surface area (Å²) in [6.07, 6.45) is 12.0. The molecule has 1 N–H and O–H groups in total. The third-order valence-corrected chi connectivity index (χ3v) is 2.49. The number of aryl methyl sites for hydroxylation is 2. The maximum absolute atomic E-state index is 3.26. The number of nitrogens with one attached hydrogen (secondary N) is 1. The average molecular weight is 181 g/mol. The third-order valence-electron chi connectivity index (χ3n) is 2.49. The molecule has 1 aromatic heterocycles. The van der Waals surface area contributed by atoms with Gasteiger partial charge in [0, 0.05) is 6.42 Å². The molecular weight excluding hydrogens is 160 g/mol. The number of hydrogen-bond acceptors (Lipinski definition) is 0. The van der Waals surface area contributed by atoms with Gasteiger partial charge in [-0.2, -0.15) is 0 Å². The van der Waals surface area contributed by atoms with Gasteiger partial charge in [-0.05, 0) is 6.42 Å². The highest BCUT2D eigenvalue weighted by Crippen LogP contribution is 2.04. The monoisotopic (exact) mass is 181 g/mol. The lowest BCUT2D eigenvalue weighted by molar-refractivity contribution is -0.677. The Kier molecular flexibility index (Phi) is 4.58. The minimum absolute atomic E-state index is 1.19. The lowest BCUT2D eigenvalue weighted by Crippen LogP contribution is -2.30. The fourth-order valence-electron chi connectivity index (χ4n) is 1.58. The van der Waals surface area contributed by atoms with Gasteiger partial charge in [0.25, 0.3) is 5.82 Å². The van der Waals surface area contributed by atoms with Crippen LogP contribution in [0.5, 0.6) is 0 Å². The Hall–Kier alpha value is -0.790. The SMILES string of the molecule is CCCCCCCc1[nH]cc[n+]1C. The molecule has 0 amide bonds. The molecule has 2 heteroatoms. The van der Waals surface area contributed by atoms with E-state index in [1.165, 1.54) is 44.3 Å². The van der Waals surface area contributed by atoms with Gasteiger partial charge < -0.3 is 0 Å². The van der Waals surface area contributed by atoms with E-state index >= 15 is 0 Å². The van der Waals surface area contributed by atoms with E-state index in [2.05, 4.69) is 29.7 Å². The fourth-order valence-corrected chi connectivity index (χ4v) is 1.58. The van der Waals surface area contributed by atoms with Crippen LogP contribution < -0.4 is 4.57 Å². The Morgan fingerprint density at radius 1 is 1.23 bits per heavy atom. The predicted molar refractivity (Wildman–Crippen MR) is 54.4 cm³/mol. The van der Waals surface area contributed by atoms with Crippen molar-refractivity contribution in [2.45, 2.75) is 45.4 Å². The minimum Gasteiger partial charge on any atom is -0.248 e. The van der Waals surface area contributed by atoms with E-state index in [4.69, 9.17) is 0 Å². The van der Waals surface area contributed by atoms with Crippen LogP contribution in [0.3, 0.4) is 0 Å². The summed E-state index contributed by atoms with van der Waals surface area (Å²) in [7, 11) is 2.10. The lowest BCUT2D eigenvalue weighted by Gasteiger charge is -1.97.